The van der Waals surface area contributed by atoms with Gasteiger partial charge in [0.15, 0.2) is 0 Å². The molecule has 0 radical (unpaired) electrons. The maximum Gasteiger partial charge on any atom is 0.0560 e. The van der Waals surface area contributed by atoms with Crippen molar-refractivity contribution in [2.45, 2.75) is 88.6 Å². The van der Waals surface area contributed by atoms with E-state index in [4.69, 9.17) is 16.6 Å². The lowest BCUT2D eigenvalue weighted by Crippen LogP contribution is -2.53. The standard InChI is InChI=1S/C21H34ClN5/c22-15-11-16-13-25-20-7-3-1-5-18(20)23-9-10-24-19-6-2-4-8-21(19)26-14-17(12-15)27-16/h11-12,18-21,23-26H,1-10,13-14H2/t18?,19?,20-,21?/m1/s1. The third-order valence-corrected chi connectivity index (χ3v) is 6.68. The van der Waals surface area contributed by atoms with Crippen molar-refractivity contribution in [1.29, 1.82) is 0 Å². The number of hydrogen-bond acceptors (Lipinski definition) is 5. The summed E-state index contributed by atoms with van der Waals surface area (Å²) in [5.74, 6) is 0. The quantitative estimate of drug-likeness (QED) is 0.547. The zero-order chi connectivity index (χ0) is 18.5. The Hall–Kier alpha value is -0.720. The van der Waals surface area contributed by atoms with Crippen molar-refractivity contribution in [3.05, 3.63) is 28.5 Å². The second-order valence-electron chi connectivity index (χ2n) is 8.43. The molecule has 2 fully saturated rings. The molecular weight excluding hydrogens is 358 g/mol. The predicted octanol–water partition coefficient (Wildman–Crippen LogP) is 2.73. The Labute approximate surface area is 168 Å². The first-order chi connectivity index (χ1) is 13.3. The van der Waals surface area contributed by atoms with E-state index in [0.29, 0.717) is 24.2 Å². The summed E-state index contributed by atoms with van der Waals surface area (Å²) in [4.78, 5) is 4.87. The first-order valence-electron chi connectivity index (χ1n) is 10.9. The van der Waals surface area contributed by atoms with Crippen LogP contribution in [0.25, 0.3) is 0 Å². The zero-order valence-electron chi connectivity index (χ0n) is 16.3. The number of nitrogens with one attached hydrogen (secondary N) is 4. The lowest BCUT2D eigenvalue weighted by Gasteiger charge is -2.34. The lowest BCUT2D eigenvalue weighted by molar-refractivity contribution is 0.266. The Bertz CT molecular complexity index is 562. The molecule has 2 saturated carbocycles. The summed E-state index contributed by atoms with van der Waals surface area (Å²) in [7, 11) is 0. The van der Waals surface area contributed by atoms with Crippen LogP contribution in [0.2, 0.25) is 5.02 Å². The van der Waals surface area contributed by atoms with Gasteiger partial charge in [0.1, 0.15) is 0 Å². The number of aromatic nitrogens is 1. The molecule has 2 heterocycles. The van der Waals surface area contributed by atoms with Gasteiger partial charge in [0, 0.05) is 55.4 Å². The van der Waals surface area contributed by atoms with Crippen molar-refractivity contribution >= 4 is 11.6 Å². The van der Waals surface area contributed by atoms with E-state index < -0.39 is 0 Å². The van der Waals surface area contributed by atoms with Crippen LogP contribution in [0, 0.1) is 0 Å². The highest BCUT2D eigenvalue weighted by Crippen LogP contribution is 2.21. The third-order valence-electron chi connectivity index (χ3n) is 6.46. The smallest absolute Gasteiger partial charge is 0.0560 e. The van der Waals surface area contributed by atoms with Gasteiger partial charge in [-0.25, -0.2) is 0 Å². The maximum atomic E-state index is 6.39. The lowest BCUT2D eigenvalue weighted by atomic mass is 9.89. The molecule has 2 aliphatic carbocycles. The van der Waals surface area contributed by atoms with Crippen LogP contribution in [0.15, 0.2) is 12.1 Å². The summed E-state index contributed by atoms with van der Waals surface area (Å²) >= 11 is 6.39. The molecule has 0 aromatic carbocycles. The number of pyridine rings is 1. The first kappa shape index (κ1) is 19.6. The van der Waals surface area contributed by atoms with Crippen molar-refractivity contribution in [2.24, 2.45) is 0 Å². The van der Waals surface area contributed by atoms with Gasteiger partial charge in [0.25, 0.3) is 0 Å². The number of nitrogens with zero attached hydrogens (tertiary/aromatic N) is 1. The monoisotopic (exact) mass is 391 g/mol. The highest BCUT2D eigenvalue weighted by Gasteiger charge is 2.26. The minimum absolute atomic E-state index is 0.522. The minimum atomic E-state index is 0.522. The maximum absolute atomic E-state index is 6.39. The van der Waals surface area contributed by atoms with Crippen LogP contribution in [0.4, 0.5) is 0 Å². The molecule has 27 heavy (non-hydrogen) atoms. The average Bonchev–Trinajstić information content (AvgIpc) is 2.69. The Kier molecular flexibility index (Phi) is 7.01. The fourth-order valence-corrected chi connectivity index (χ4v) is 5.27. The highest BCUT2D eigenvalue weighted by atomic mass is 35.5. The van der Waals surface area contributed by atoms with Gasteiger partial charge >= 0.3 is 0 Å². The summed E-state index contributed by atoms with van der Waals surface area (Å²) in [6.45, 7) is 3.68. The van der Waals surface area contributed by atoms with Crippen molar-refractivity contribution in [3.63, 3.8) is 0 Å². The second-order valence-corrected chi connectivity index (χ2v) is 8.87. The van der Waals surface area contributed by atoms with Gasteiger partial charge in [0.05, 0.1) is 11.4 Å². The van der Waals surface area contributed by atoms with E-state index in [2.05, 4.69) is 21.3 Å². The van der Waals surface area contributed by atoms with Gasteiger partial charge in [0.2, 0.25) is 0 Å². The molecule has 3 aliphatic rings. The van der Waals surface area contributed by atoms with Gasteiger partial charge in [-0.3, -0.25) is 4.98 Å². The molecule has 2 bridgehead atoms. The SMILES string of the molecule is Clc1cc2nc(c1)CN[C@@H]1CCCCC1NCCNC1CCCCC1NC2. The predicted molar refractivity (Wildman–Crippen MR) is 111 cm³/mol. The van der Waals surface area contributed by atoms with E-state index in [0.717, 1.165) is 42.6 Å². The Morgan fingerprint density at radius 1 is 0.667 bits per heavy atom. The molecular formula is C21H34ClN5. The molecule has 1 aliphatic heterocycles. The topological polar surface area (TPSA) is 61.0 Å². The van der Waals surface area contributed by atoms with E-state index in [1.807, 2.05) is 12.1 Å². The highest BCUT2D eigenvalue weighted by molar-refractivity contribution is 6.30. The fourth-order valence-electron chi connectivity index (χ4n) is 5.02. The summed E-state index contributed by atoms with van der Waals surface area (Å²) in [6.07, 6.45) is 10.3. The van der Waals surface area contributed by atoms with E-state index in [9.17, 15) is 0 Å². The first-order valence-corrected chi connectivity index (χ1v) is 11.2. The zero-order valence-corrected chi connectivity index (χ0v) is 17.0. The molecule has 0 amide bonds. The number of hydrogen-bond donors (Lipinski definition) is 4. The van der Waals surface area contributed by atoms with Crippen LogP contribution in [0.1, 0.15) is 62.8 Å². The van der Waals surface area contributed by atoms with Crippen LogP contribution in [0.5, 0.6) is 0 Å². The summed E-state index contributed by atoms with van der Waals surface area (Å²) in [6, 6.07) is 6.18. The van der Waals surface area contributed by atoms with Crippen molar-refractivity contribution in [1.82, 2.24) is 26.3 Å². The Morgan fingerprint density at radius 2 is 1.07 bits per heavy atom. The normalized spacial score (nSPS) is 33.2. The summed E-state index contributed by atoms with van der Waals surface area (Å²) in [5, 5.41) is 15.9. The van der Waals surface area contributed by atoms with Crippen molar-refractivity contribution in [2.75, 3.05) is 13.1 Å². The van der Waals surface area contributed by atoms with E-state index in [1.165, 1.54) is 51.4 Å². The molecule has 0 saturated heterocycles. The Balaban J connectivity index is 1.51. The van der Waals surface area contributed by atoms with Crippen LogP contribution < -0.4 is 21.3 Å². The van der Waals surface area contributed by atoms with Gasteiger partial charge < -0.3 is 21.3 Å². The van der Waals surface area contributed by atoms with Crippen molar-refractivity contribution < 1.29 is 0 Å². The van der Waals surface area contributed by atoms with Crippen LogP contribution in [-0.4, -0.2) is 42.2 Å². The van der Waals surface area contributed by atoms with Gasteiger partial charge in [-0.1, -0.05) is 37.3 Å². The molecule has 4 rings (SSSR count). The molecule has 1 aromatic heterocycles. The molecule has 6 heteroatoms. The number of halogens is 1. The molecule has 4 atom stereocenters. The van der Waals surface area contributed by atoms with Crippen LogP contribution >= 0.6 is 11.6 Å². The molecule has 5 nitrogen and oxygen atoms in total. The molecule has 0 spiro atoms. The fraction of sp³-hybridized carbons (Fsp3) is 0.762. The van der Waals surface area contributed by atoms with E-state index in [-0.39, 0.29) is 0 Å². The largest absolute Gasteiger partial charge is 0.311 e. The minimum Gasteiger partial charge on any atom is -0.311 e. The summed E-state index contributed by atoms with van der Waals surface area (Å²) in [5.41, 5.74) is 2.11. The second kappa shape index (κ2) is 9.66. The van der Waals surface area contributed by atoms with Gasteiger partial charge in [-0.2, -0.15) is 0 Å². The molecule has 4 N–H and O–H groups in total. The number of fused-ring (bicyclic) bond motifs is 4. The van der Waals surface area contributed by atoms with Crippen LogP contribution in [0.3, 0.4) is 0 Å². The molecule has 150 valence electrons. The third kappa shape index (κ3) is 5.42. The average molecular weight is 392 g/mol. The summed E-state index contributed by atoms with van der Waals surface area (Å²) < 4.78 is 0. The number of rotatable bonds is 0. The van der Waals surface area contributed by atoms with Gasteiger partial charge in [-0.05, 0) is 37.8 Å². The molecule has 3 unspecified atom stereocenters. The van der Waals surface area contributed by atoms with E-state index in [1.54, 1.807) is 0 Å². The Morgan fingerprint density at radius 3 is 1.52 bits per heavy atom. The van der Waals surface area contributed by atoms with Gasteiger partial charge in [-0.15, -0.1) is 0 Å². The van der Waals surface area contributed by atoms with Crippen molar-refractivity contribution in [3.8, 4) is 0 Å². The van der Waals surface area contributed by atoms with E-state index >= 15 is 0 Å². The molecule has 1 aromatic rings. The van der Waals surface area contributed by atoms with Crippen LogP contribution in [-0.2, 0) is 13.1 Å².